The van der Waals surface area contributed by atoms with Gasteiger partial charge in [-0.3, -0.25) is 0 Å². The summed E-state index contributed by atoms with van der Waals surface area (Å²) in [5, 5.41) is 0.966. The summed E-state index contributed by atoms with van der Waals surface area (Å²) >= 11 is 12.2. The minimum atomic E-state index is -0.449. The van der Waals surface area contributed by atoms with Crippen molar-refractivity contribution >= 4 is 23.2 Å². The first kappa shape index (κ1) is 13.3. The largest absolute Gasteiger partial charge is 0.495 e. The van der Waals surface area contributed by atoms with Crippen LogP contribution in [0.1, 0.15) is 23.1 Å². The monoisotopic (exact) mass is 285 g/mol. The molecule has 0 amide bonds. The molecule has 0 saturated carbocycles. The van der Waals surface area contributed by atoms with E-state index in [4.69, 9.17) is 38.1 Å². The van der Waals surface area contributed by atoms with E-state index in [0.29, 0.717) is 27.1 Å². The number of methoxy groups -OCH3 is 1. The maximum absolute atomic E-state index is 6.17. The fraction of sp³-hybridized carbons (Fsp3) is 0.231. The van der Waals surface area contributed by atoms with Crippen LogP contribution in [0, 0.1) is 6.92 Å². The molecule has 96 valence electrons. The fourth-order valence-electron chi connectivity index (χ4n) is 1.71. The molecule has 0 fully saturated rings. The van der Waals surface area contributed by atoms with Crippen LogP contribution in [0.15, 0.2) is 28.7 Å². The molecule has 1 aromatic heterocycles. The van der Waals surface area contributed by atoms with Crippen LogP contribution >= 0.6 is 23.2 Å². The fourth-order valence-corrected chi connectivity index (χ4v) is 2.23. The van der Waals surface area contributed by atoms with Gasteiger partial charge in [-0.1, -0.05) is 23.2 Å². The van der Waals surface area contributed by atoms with Crippen LogP contribution in [0.2, 0.25) is 10.0 Å². The van der Waals surface area contributed by atoms with Crippen molar-refractivity contribution in [2.24, 2.45) is 5.73 Å². The second-order valence-electron chi connectivity index (χ2n) is 3.93. The highest BCUT2D eigenvalue weighted by atomic mass is 35.5. The Kier molecular flexibility index (Phi) is 3.85. The van der Waals surface area contributed by atoms with Gasteiger partial charge < -0.3 is 14.9 Å². The number of rotatable bonds is 3. The van der Waals surface area contributed by atoms with Gasteiger partial charge in [0, 0.05) is 11.1 Å². The van der Waals surface area contributed by atoms with Gasteiger partial charge in [0.15, 0.2) is 0 Å². The summed E-state index contributed by atoms with van der Waals surface area (Å²) in [5.74, 6) is 1.97. The predicted octanol–water partition coefficient (Wildman–Crippen LogP) is 3.95. The average Bonchev–Trinajstić information content (AvgIpc) is 2.77. The molecule has 0 bridgehead atoms. The molecule has 0 aliphatic heterocycles. The van der Waals surface area contributed by atoms with E-state index in [1.807, 2.05) is 19.1 Å². The third-order valence-electron chi connectivity index (χ3n) is 2.67. The van der Waals surface area contributed by atoms with Gasteiger partial charge in [-0.25, -0.2) is 0 Å². The van der Waals surface area contributed by atoms with Crippen molar-refractivity contribution in [2.45, 2.75) is 13.0 Å². The number of benzene rings is 1. The lowest BCUT2D eigenvalue weighted by atomic mass is 10.1. The lowest BCUT2D eigenvalue weighted by Gasteiger charge is -2.13. The van der Waals surface area contributed by atoms with Crippen molar-refractivity contribution in [3.63, 3.8) is 0 Å². The van der Waals surface area contributed by atoms with Gasteiger partial charge in [-0.15, -0.1) is 0 Å². The van der Waals surface area contributed by atoms with Gasteiger partial charge in [0.05, 0.1) is 18.2 Å². The SMILES string of the molecule is COc1cc(Cl)c(C(N)c2ccc(C)o2)cc1Cl. The first-order valence-electron chi connectivity index (χ1n) is 5.37. The highest BCUT2D eigenvalue weighted by Crippen LogP contribution is 2.35. The zero-order valence-corrected chi connectivity index (χ0v) is 11.5. The van der Waals surface area contributed by atoms with Crippen LogP contribution in [0.5, 0.6) is 5.75 Å². The molecule has 1 atom stereocenters. The molecule has 0 aliphatic carbocycles. The molecule has 0 saturated heterocycles. The number of ether oxygens (including phenoxy) is 1. The summed E-state index contributed by atoms with van der Waals surface area (Å²) < 4.78 is 10.6. The number of furan rings is 1. The van der Waals surface area contributed by atoms with Gasteiger partial charge in [0.25, 0.3) is 0 Å². The van der Waals surface area contributed by atoms with Crippen molar-refractivity contribution in [1.29, 1.82) is 0 Å². The van der Waals surface area contributed by atoms with Gasteiger partial charge in [0.1, 0.15) is 17.3 Å². The minimum Gasteiger partial charge on any atom is -0.495 e. The van der Waals surface area contributed by atoms with Gasteiger partial charge in [-0.2, -0.15) is 0 Å². The summed E-state index contributed by atoms with van der Waals surface area (Å²) in [6.07, 6.45) is 0. The molecule has 0 radical (unpaired) electrons. The zero-order valence-electron chi connectivity index (χ0n) is 10.0. The summed E-state index contributed by atoms with van der Waals surface area (Å²) in [6, 6.07) is 6.58. The third kappa shape index (κ3) is 2.48. The summed E-state index contributed by atoms with van der Waals surface area (Å²) in [7, 11) is 1.53. The lowest BCUT2D eigenvalue weighted by Crippen LogP contribution is -2.11. The van der Waals surface area contributed by atoms with E-state index in [-0.39, 0.29) is 0 Å². The van der Waals surface area contributed by atoms with E-state index in [9.17, 15) is 0 Å². The molecular formula is C13H13Cl2NO2. The Hall–Kier alpha value is -1.16. The number of hydrogen-bond acceptors (Lipinski definition) is 3. The molecule has 2 N–H and O–H groups in total. The van der Waals surface area contributed by atoms with Crippen LogP contribution in [-0.2, 0) is 0 Å². The highest BCUT2D eigenvalue weighted by molar-refractivity contribution is 6.34. The molecule has 1 unspecified atom stereocenters. The van der Waals surface area contributed by atoms with E-state index in [1.165, 1.54) is 7.11 Å². The maximum Gasteiger partial charge on any atom is 0.138 e. The topological polar surface area (TPSA) is 48.4 Å². The summed E-state index contributed by atoms with van der Waals surface area (Å²) in [4.78, 5) is 0. The third-order valence-corrected chi connectivity index (χ3v) is 3.30. The van der Waals surface area contributed by atoms with Crippen LogP contribution in [0.4, 0.5) is 0 Å². The van der Waals surface area contributed by atoms with Crippen LogP contribution in [0.25, 0.3) is 0 Å². The molecule has 1 aromatic carbocycles. The Bertz CT molecular complexity index is 566. The second kappa shape index (κ2) is 5.22. The van der Waals surface area contributed by atoms with Gasteiger partial charge >= 0.3 is 0 Å². The first-order chi connectivity index (χ1) is 8.52. The molecule has 0 aliphatic rings. The van der Waals surface area contributed by atoms with E-state index in [1.54, 1.807) is 12.1 Å². The van der Waals surface area contributed by atoms with Gasteiger partial charge in [-0.05, 0) is 30.7 Å². The summed E-state index contributed by atoms with van der Waals surface area (Å²) in [6.45, 7) is 1.86. The standard InChI is InChI=1S/C13H13Cl2NO2/c1-7-3-4-11(18-7)13(16)8-5-10(15)12(17-2)6-9(8)14/h3-6,13H,16H2,1-2H3. The van der Waals surface area contributed by atoms with Crippen molar-refractivity contribution in [2.75, 3.05) is 7.11 Å². The lowest BCUT2D eigenvalue weighted by molar-refractivity contribution is 0.414. The van der Waals surface area contributed by atoms with E-state index in [0.717, 1.165) is 5.76 Å². The molecule has 3 nitrogen and oxygen atoms in total. The summed E-state index contributed by atoms with van der Waals surface area (Å²) in [5.41, 5.74) is 6.82. The predicted molar refractivity (Wildman–Crippen MR) is 72.5 cm³/mol. The molecule has 18 heavy (non-hydrogen) atoms. The molecule has 1 heterocycles. The molecule has 2 rings (SSSR count). The maximum atomic E-state index is 6.17. The first-order valence-corrected chi connectivity index (χ1v) is 6.13. The van der Waals surface area contributed by atoms with Crippen molar-refractivity contribution in [3.8, 4) is 5.75 Å². The Morgan fingerprint density at radius 1 is 1.22 bits per heavy atom. The van der Waals surface area contributed by atoms with Gasteiger partial charge in [0.2, 0.25) is 0 Å². The Labute approximate surface area is 115 Å². The zero-order chi connectivity index (χ0) is 13.3. The highest BCUT2D eigenvalue weighted by Gasteiger charge is 2.18. The second-order valence-corrected chi connectivity index (χ2v) is 4.75. The van der Waals surface area contributed by atoms with Crippen molar-refractivity contribution < 1.29 is 9.15 Å². The number of nitrogens with two attached hydrogens (primary N) is 1. The minimum absolute atomic E-state index is 0.449. The van der Waals surface area contributed by atoms with E-state index in [2.05, 4.69) is 0 Å². The smallest absolute Gasteiger partial charge is 0.138 e. The van der Waals surface area contributed by atoms with E-state index < -0.39 is 6.04 Å². The quantitative estimate of drug-likeness (QED) is 0.929. The molecular weight excluding hydrogens is 273 g/mol. The normalized spacial score (nSPS) is 12.5. The Morgan fingerprint density at radius 2 is 1.94 bits per heavy atom. The number of aryl methyl sites for hydroxylation is 1. The van der Waals surface area contributed by atoms with Crippen LogP contribution in [0.3, 0.4) is 0 Å². The van der Waals surface area contributed by atoms with E-state index >= 15 is 0 Å². The Balaban J connectivity index is 2.42. The molecule has 5 heteroatoms. The number of hydrogen-bond donors (Lipinski definition) is 1. The van der Waals surface area contributed by atoms with Crippen LogP contribution < -0.4 is 10.5 Å². The Morgan fingerprint density at radius 3 is 2.50 bits per heavy atom. The van der Waals surface area contributed by atoms with Crippen molar-refractivity contribution in [1.82, 2.24) is 0 Å². The average molecular weight is 286 g/mol. The molecule has 2 aromatic rings. The van der Waals surface area contributed by atoms with Crippen LogP contribution in [-0.4, -0.2) is 7.11 Å². The molecule has 0 spiro atoms. The number of halogens is 2. The van der Waals surface area contributed by atoms with Crippen molar-refractivity contribution in [3.05, 3.63) is 51.4 Å².